The Bertz CT molecular complexity index is 632. The molecule has 22 heavy (non-hydrogen) atoms. The Morgan fingerprint density at radius 2 is 1.55 bits per heavy atom. The number of rotatable bonds is 5. The topological polar surface area (TPSA) is 78.8 Å². The van der Waals surface area contributed by atoms with Gasteiger partial charge in [0.1, 0.15) is 5.97 Å². The summed E-state index contributed by atoms with van der Waals surface area (Å²) in [4.78, 5) is 12.5. The SMILES string of the molecule is CN(C)c1ccc(/C=C/c2cc[n+](CC(=O)[O-])cc2)cc1.O. The van der Waals surface area contributed by atoms with E-state index in [1.807, 2.05) is 38.4 Å². The van der Waals surface area contributed by atoms with Crippen molar-refractivity contribution in [2.75, 3.05) is 19.0 Å². The Kier molecular flexibility index (Phi) is 6.28. The molecule has 1 heterocycles. The van der Waals surface area contributed by atoms with Crippen LogP contribution in [0.3, 0.4) is 0 Å². The van der Waals surface area contributed by atoms with E-state index in [1.54, 1.807) is 17.0 Å². The van der Waals surface area contributed by atoms with Crippen molar-refractivity contribution in [3.63, 3.8) is 0 Å². The minimum atomic E-state index is -1.09. The van der Waals surface area contributed by atoms with Gasteiger partial charge < -0.3 is 20.3 Å². The molecule has 0 saturated heterocycles. The molecule has 0 unspecified atom stereocenters. The highest BCUT2D eigenvalue weighted by Gasteiger charge is 1.99. The second-order valence-electron chi connectivity index (χ2n) is 5.00. The van der Waals surface area contributed by atoms with Crippen molar-refractivity contribution in [2.45, 2.75) is 6.54 Å². The molecule has 0 saturated carbocycles. The van der Waals surface area contributed by atoms with E-state index in [0.717, 1.165) is 16.8 Å². The second kappa shape index (κ2) is 7.95. The first-order valence-electron chi connectivity index (χ1n) is 6.69. The molecule has 0 fully saturated rings. The molecule has 0 aliphatic heterocycles. The van der Waals surface area contributed by atoms with Crippen LogP contribution in [0.5, 0.6) is 0 Å². The monoisotopic (exact) mass is 300 g/mol. The van der Waals surface area contributed by atoms with Gasteiger partial charge in [-0.05, 0) is 23.3 Å². The number of aliphatic carboxylic acids is 1. The molecule has 0 spiro atoms. The lowest BCUT2D eigenvalue weighted by Crippen LogP contribution is -2.43. The van der Waals surface area contributed by atoms with Gasteiger partial charge in [0.2, 0.25) is 0 Å². The van der Waals surface area contributed by atoms with Crippen LogP contribution >= 0.6 is 0 Å². The predicted molar refractivity (Wildman–Crippen MR) is 85.0 cm³/mol. The second-order valence-corrected chi connectivity index (χ2v) is 5.00. The maximum absolute atomic E-state index is 10.5. The van der Waals surface area contributed by atoms with Crippen LogP contribution in [0.15, 0.2) is 48.8 Å². The van der Waals surface area contributed by atoms with E-state index in [4.69, 9.17) is 0 Å². The van der Waals surface area contributed by atoms with Gasteiger partial charge in [0.15, 0.2) is 18.9 Å². The summed E-state index contributed by atoms with van der Waals surface area (Å²) in [5.41, 5.74) is 3.29. The van der Waals surface area contributed by atoms with Gasteiger partial charge in [0.25, 0.3) is 0 Å². The van der Waals surface area contributed by atoms with Crippen LogP contribution < -0.4 is 14.6 Å². The van der Waals surface area contributed by atoms with Crippen molar-refractivity contribution >= 4 is 23.8 Å². The van der Waals surface area contributed by atoms with Crippen LogP contribution in [-0.2, 0) is 11.3 Å². The van der Waals surface area contributed by atoms with E-state index >= 15 is 0 Å². The van der Waals surface area contributed by atoms with Crippen LogP contribution in [0.25, 0.3) is 12.2 Å². The number of carbonyl (C=O) groups excluding carboxylic acids is 1. The summed E-state index contributed by atoms with van der Waals surface area (Å²) in [6.45, 7) is -0.129. The molecule has 2 N–H and O–H groups in total. The number of aromatic nitrogens is 1. The van der Waals surface area contributed by atoms with Crippen molar-refractivity contribution in [3.05, 3.63) is 59.9 Å². The standard InChI is InChI=1S/C17H18N2O2.H2O/c1-18(2)16-7-5-14(6-8-16)3-4-15-9-11-19(12-10-15)13-17(20)21;/h3-12H,13H2,1-2H3;1H2. The van der Waals surface area contributed by atoms with Crippen molar-refractivity contribution < 1.29 is 19.9 Å². The summed E-state index contributed by atoms with van der Waals surface area (Å²) < 4.78 is 1.57. The fourth-order valence-electron chi connectivity index (χ4n) is 1.91. The molecule has 5 heteroatoms. The summed E-state index contributed by atoms with van der Waals surface area (Å²) in [6.07, 6.45) is 7.47. The molecular formula is C17H20N2O3. The molecule has 1 aromatic carbocycles. The van der Waals surface area contributed by atoms with Gasteiger partial charge >= 0.3 is 0 Å². The largest absolute Gasteiger partial charge is 0.544 e. The molecule has 116 valence electrons. The molecule has 1 aromatic heterocycles. The highest BCUT2D eigenvalue weighted by molar-refractivity contribution is 5.70. The molecule has 5 nitrogen and oxygen atoms in total. The molecule has 0 radical (unpaired) electrons. The Hall–Kier alpha value is -2.66. The maximum Gasteiger partial charge on any atom is 0.187 e. The Morgan fingerprint density at radius 1 is 1.05 bits per heavy atom. The number of carboxylic acids is 1. The van der Waals surface area contributed by atoms with E-state index in [9.17, 15) is 9.90 Å². The number of anilines is 1. The molecule has 0 aliphatic rings. The smallest absolute Gasteiger partial charge is 0.187 e. The predicted octanol–water partition coefficient (Wildman–Crippen LogP) is 0.136. The third kappa shape index (κ3) is 5.03. The first-order valence-corrected chi connectivity index (χ1v) is 6.69. The number of benzene rings is 1. The maximum atomic E-state index is 10.5. The number of carbonyl (C=O) groups is 1. The lowest BCUT2D eigenvalue weighted by molar-refractivity contribution is -0.690. The average molecular weight is 300 g/mol. The number of nitrogens with zero attached hydrogens (tertiary/aromatic N) is 2. The first-order chi connectivity index (χ1) is 10.0. The van der Waals surface area contributed by atoms with E-state index in [2.05, 4.69) is 29.2 Å². The van der Waals surface area contributed by atoms with Crippen LogP contribution in [0, 0.1) is 0 Å². The highest BCUT2D eigenvalue weighted by atomic mass is 16.4. The molecular weight excluding hydrogens is 280 g/mol. The summed E-state index contributed by atoms with van der Waals surface area (Å²) in [6, 6.07) is 12.0. The van der Waals surface area contributed by atoms with Crippen LogP contribution in [0.2, 0.25) is 0 Å². The van der Waals surface area contributed by atoms with Crippen molar-refractivity contribution in [2.24, 2.45) is 0 Å². The third-order valence-electron chi connectivity index (χ3n) is 3.11. The van der Waals surface area contributed by atoms with Gasteiger partial charge in [-0.3, -0.25) is 0 Å². The average Bonchev–Trinajstić information content (AvgIpc) is 2.46. The molecule has 0 amide bonds. The molecule has 2 rings (SSSR count). The van der Waals surface area contributed by atoms with Crippen molar-refractivity contribution in [1.82, 2.24) is 0 Å². The van der Waals surface area contributed by atoms with Crippen LogP contribution in [0.4, 0.5) is 5.69 Å². The Labute approximate surface area is 130 Å². The lowest BCUT2D eigenvalue weighted by Gasteiger charge is -2.11. The molecule has 2 aromatic rings. The zero-order valence-electron chi connectivity index (χ0n) is 12.7. The number of hydrogen-bond donors (Lipinski definition) is 0. The van der Waals surface area contributed by atoms with Crippen LogP contribution in [0.1, 0.15) is 11.1 Å². The number of hydrogen-bond acceptors (Lipinski definition) is 3. The third-order valence-corrected chi connectivity index (χ3v) is 3.11. The Morgan fingerprint density at radius 3 is 2.00 bits per heavy atom. The highest BCUT2D eigenvalue weighted by Crippen LogP contribution is 2.14. The van der Waals surface area contributed by atoms with Gasteiger partial charge in [0, 0.05) is 31.9 Å². The van der Waals surface area contributed by atoms with Crippen LogP contribution in [-0.4, -0.2) is 25.5 Å². The fraction of sp³-hybridized carbons (Fsp3) is 0.176. The minimum absolute atomic E-state index is 0. The quantitative estimate of drug-likeness (QED) is 0.737. The van der Waals surface area contributed by atoms with Gasteiger partial charge in [-0.25, -0.2) is 0 Å². The van der Waals surface area contributed by atoms with Crippen molar-refractivity contribution in [3.8, 4) is 0 Å². The van der Waals surface area contributed by atoms with Gasteiger partial charge in [-0.2, -0.15) is 4.57 Å². The van der Waals surface area contributed by atoms with Gasteiger partial charge in [-0.15, -0.1) is 0 Å². The zero-order valence-corrected chi connectivity index (χ0v) is 12.7. The van der Waals surface area contributed by atoms with Gasteiger partial charge in [-0.1, -0.05) is 24.3 Å². The Balaban J connectivity index is 0.00000242. The molecule has 0 aliphatic carbocycles. The number of pyridine rings is 1. The minimum Gasteiger partial charge on any atom is -0.544 e. The zero-order chi connectivity index (χ0) is 15.2. The molecule has 0 bridgehead atoms. The lowest BCUT2D eigenvalue weighted by atomic mass is 10.1. The summed E-state index contributed by atoms with van der Waals surface area (Å²) in [5, 5.41) is 10.5. The van der Waals surface area contributed by atoms with E-state index in [0.29, 0.717) is 0 Å². The first kappa shape index (κ1) is 17.4. The number of carboxylic acid groups (broad SMARTS) is 1. The van der Waals surface area contributed by atoms with E-state index in [1.165, 1.54) is 0 Å². The fourth-order valence-corrected chi connectivity index (χ4v) is 1.91. The summed E-state index contributed by atoms with van der Waals surface area (Å²) >= 11 is 0. The normalized spacial score (nSPS) is 10.3. The van der Waals surface area contributed by atoms with Crippen molar-refractivity contribution in [1.29, 1.82) is 0 Å². The van der Waals surface area contributed by atoms with Gasteiger partial charge in [0.05, 0.1) is 0 Å². The summed E-state index contributed by atoms with van der Waals surface area (Å²) in [5.74, 6) is -1.09. The van der Waals surface area contributed by atoms with E-state index < -0.39 is 5.97 Å². The summed E-state index contributed by atoms with van der Waals surface area (Å²) in [7, 11) is 4.02. The van der Waals surface area contributed by atoms with E-state index in [-0.39, 0.29) is 12.0 Å². The molecule has 0 atom stereocenters.